The van der Waals surface area contributed by atoms with Gasteiger partial charge in [0, 0.05) is 18.8 Å². The van der Waals surface area contributed by atoms with E-state index in [4.69, 9.17) is 4.74 Å². The van der Waals surface area contributed by atoms with E-state index in [1.807, 2.05) is 12.1 Å². The highest BCUT2D eigenvalue weighted by atomic mass is 79.9. The van der Waals surface area contributed by atoms with Crippen molar-refractivity contribution in [3.8, 4) is 5.88 Å². The molecule has 1 aliphatic heterocycles. The van der Waals surface area contributed by atoms with Gasteiger partial charge in [0.1, 0.15) is 10.3 Å². The van der Waals surface area contributed by atoms with Gasteiger partial charge >= 0.3 is 0 Å². The van der Waals surface area contributed by atoms with Crippen molar-refractivity contribution in [1.82, 2.24) is 9.29 Å². The first-order valence-electron chi connectivity index (χ1n) is 6.39. The van der Waals surface area contributed by atoms with Crippen LogP contribution in [0.25, 0.3) is 0 Å². The number of hydrogen-bond donors (Lipinski definition) is 0. The lowest BCUT2D eigenvalue weighted by Crippen LogP contribution is -2.30. The molecule has 0 radical (unpaired) electrons. The first-order chi connectivity index (χ1) is 10.1. The van der Waals surface area contributed by atoms with E-state index in [0.29, 0.717) is 29.6 Å². The van der Waals surface area contributed by atoms with Crippen LogP contribution in [-0.2, 0) is 10.0 Å². The first kappa shape index (κ1) is 15.0. The molecule has 0 spiro atoms. The molecule has 0 N–H and O–H groups in total. The van der Waals surface area contributed by atoms with Crippen molar-refractivity contribution in [3.05, 3.63) is 40.3 Å². The summed E-state index contributed by atoms with van der Waals surface area (Å²) in [5.41, 5.74) is 0. The van der Waals surface area contributed by atoms with Crippen molar-refractivity contribution in [2.75, 3.05) is 13.1 Å². The predicted molar refractivity (Wildman–Crippen MR) is 84.0 cm³/mol. The maximum atomic E-state index is 12.5. The zero-order valence-corrected chi connectivity index (χ0v) is 14.2. The molecule has 5 nitrogen and oxygen atoms in total. The smallest absolute Gasteiger partial charge is 0.252 e. The molecule has 0 saturated carbocycles. The second-order valence-electron chi connectivity index (χ2n) is 4.62. The van der Waals surface area contributed by atoms with Crippen molar-refractivity contribution in [2.45, 2.75) is 16.7 Å². The fourth-order valence-corrected chi connectivity index (χ4v) is 5.81. The normalized spacial score (nSPS) is 19.8. The summed E-state index contributed by atoms with van der Waals surface area (Å²) in [7, 11) is -3.42. The van der Waals surface area contributed by atoms with Gasteiger partial charge in [-0.1, -0.05) is 6.07 Å². The predicted octanol–water partition coefficient (Wildman–Crippen LogP) is 2.75. The summed E-state index contributed by atoms with van der Waals surface area (Å²) in [5, 5.41) is 0. The lowest BCUT2D eigenvalue weighted by Gasteiger charge is -2.15. The Morgan fingerprint density at radius 2 is 2.19 bits per heavy atom. The number of pyridine rings is 1. The molecule has 3 rings (SSSR count). The van der Waals surface area contributed by atoms with E-state index in [-0.39, 0.29) is 6.10 Å². The summed E-state index contributed by atoms with van der Waals surface area (Å²) < 4.78 is 33.3. The second kappa shape index (κ2) is 6.04. The molecule has 21 heavy (non-hydrogen) atoms. The molecule has 1 atom stereocenters. The molecule has 1 saturated heterocycles. The molecule has 2 aromatic heterocycles. The topological polar surface area (TPSA) is 59.5 Å². The number of hydrogen-bond acceptors (Lipinski definition) is 5. The van der Waals surface area contributed by atoms with Gasteiger partial charge in [-0.25, -0.2) is 13.4 Å². The average Bonchev–Trinajstić information content (AvgIpc) is 3.10. The van der Waals surface area contributed by atoms with Crippen LogP contribution in [0.5, 0.6) is 5.88 Å². The molecule has 0 bridgehead atoms. The summed E-state index contributed by atoms with van der Waals surface area (Å²) in [6.07, 6.45) is 2.17. The molecular formula is C13H13BrN2O3S2. The molecule has 1 fully saturated rings. The highest BCUT2D eigenvalue weighted by molar-refractivity contribution is 9.11. The van der Waals surface area contributed by atoms with Crippen LogP contribution in [0, 0.1) is 0 Å². The van der Waals surface area contributed by atoms with Gasteiger partial charge in [-0.3, -0.25) is 0 Å². The van der Waals surface area contributed by atoms with Crippen molar-refractivity contribution in [3.63, 3.8) is 0 Å². The van der Waals surface area contributed by atoms with Crippen LogP contribution in [-0.4, -0.2) is 36.9 Å². The van der Waals surface area contributed by atoms with E-state index >= 15 is 0 Å². The average molecular weight is 389 g/mol. The Labute approximate surface area is 135 Å². The van der Waals surface area contributed by atoms with Crippen LogP contribution in [0.1, 0.15) is 6.42 Å². The van der Waals surface area contributed by atoms with E-state index in [2.05, 4.69) is 20.9 Å². The minimum Gasteiger partial charge on any atom is -0.473 e. The first-order valence-corrected chi connectivity index (χ1v) is 9.44. The largest absolute Gasteiger partial charge is 0.473 e. The molecule has 2 aromatic rings. The van der Waals surface area contributed by atoms with Gasteiger partial charge in [-0.15, -0.1) is 11.3 Å². The number of nitrogens with zero attached hydrogens (tertiary/aromatic N) is 2. The second-order valence-corrected chi connectivity index (χ2v) is 9.25. The highest BCUT2D eigenvalue weighted by Crippen LogP contribution is 2.30. The van der Waals surface area contributed by atoms with Gasteiger partial charge in [-0.2, -0.15) is 4.31 Å². The summed E-state index contributed by atoms with van der Waals surface area (Å²) in [5.74, 6) is 0.528. The van der Waals surface area contributed by atoms with Gasteiger partial charge < -0.3 is 4.74 Å². The summed E-state index contributed by atoms with van der Waals surface area (Å²) >= 11 is 4.51. The van der Waals surface area contributed by atoms with E-state index in [1.165, 1.54) is 15.6 Å². The molecule has 8 heteroatoms. The van der Waals surface area contributed by atoms with Gasteiger partial charge in [0.2, 0.25) is 5.88 Å². The van der Waals surface area contributed by atoms with Gasteiger partial charge in [0.15, 0.2) is 0 Å². The van der Waals surface area contributed by atoms with Crippen LogP contribution >= 0.6 is 27.3 Å². The van der Waals surface area contributed by atoms with E-state index in [9.17, 15) is 8.42 Å². The summed E-state index contributed by atoms with van der Waals surface area (Å²) in [6.45, 7) is 0.823. The standard InChI is InChI=1S/C13H13BrN2O3S2/c14-11-4-5-13(20-11)21(17,18)16-8-6-10(9-16)19-12-3-1-2-7-15-12/h1-5,7,10H,6,8-9H2. The molecule has 0 aliphatic carbocycles. The van der Waals surface area contributed by atoms with Crippen LogP contribution in [0.15, 0.2) is 44.5 Å². The monoisotopic (exact) mass is 388 g/mol. The van der Waals surface area contributed by atoms with Crippen LogP contribution in [0.2, 0.25) is 0 Å². The Kier molecular flexibility index (Phi) is 4.30. The molecule has 1 unspecified atom stereocenters. The number of sulfonamides is 1. The van der Waals surface area contributed by atoms with Gasteiger partial charge in [-0.05, 0) is 40.5 Å². The maximum Gasteiger partial charge on any atom is 0.252 e. The molecule has 3 heterocycles. The van der Waals surface area contributed by atoms with Crippen molar-refractivity contribution in [1.29, 1.82) is 0 Å². The Hall–Kier alpha value is -0.960. The molecule has 1 aliphatic rings. The fourth-order valence-electron chi connectivity index (χ4n) is 2.16. The van der Waals surface area contributed by atoms with Crippen molar-refractivity contribution >= 4 is 37.3 Å². The minimum absolute atomic E-state index is 0.155. The zero-order chi connectivity index (χ0) is 14.9. The third kappa shape index (κ3) is 3.28. The number of rotatable bonds is 4. The number of ether oxygens (including phenoxy) is 1. The highest BCUT2D eigenvalue weighted by Gasteiger charge is 2.34. The third-order valence-corrected chi connectivity index (χ3v) is 7.13. The minimum atomic E-state index is -3.42. The molecule has 0 aromatic carbocycles. The lowest BCUT2D eigenvalue weighted by molar-refractivity contribution is 0.207. The Morgan fingerprint density at radius 1 is 1.33 bits per heavy atom. The van der Waals surface area contributed by atoms with Crippen LogP contribution in [0.4, 0.5) is 0 Å². The van der Waals surface area contributed by atoms with E-state index in [1.54, 1.807) is 24.4 Å². The summed E-state index contributed by atoms with van der Waals surface area (Å²) in [4.78, 5) is 4.10. The number of thiophene rings is 1. The quantitative estimate of drug-likeness (QED) is 0.807. The van der Waals surface area contributed by atoms with Gasteiger partial charge in [0.05, 0.1) is 10.3 Å². The van der Waals surface area contributed by atoms with Crippen LogP contribution < -0.4 is 4.74 Å². The lowest BCUT2D eigenvalue weighted by atomic mass is 10.3. The third-order valence-electron chi connectivity index (χ3n) is 3.18. The zero-order valence-electron chi connectivity index (χ0n) is 11.0. The Balaban J connectivity index is 1.69. The molecule has 112 valence electrons. The number of halogens is 1. The van der Waals surface area contributed by atoms with Crippen LogP contribution in [0.3, 0.4) is 0 Å². The Bertz CT molecular complexity index is 718. The van der Waals surface area contributed by atoms with E-state index in [0.717, 1.165) is 3.79 Å². The number of aromatic nitrogens is 1. The van der Waals surface area contributed by atoms with E-state index < -0.39 is 10.0 Å². The molecular weight excluding hydrogens is 376 g/mol. The SMILES string of the molecule is O=S(=O)(c1ccc(Br)s1)N1CCC(Oc2ccccn2)C1. The Morgan fingerprint density at radius 3 is 2.86 bits per heavy atom. The van der Waals surface area contributed by atoms with Gasteiger partial charge in [0.25, 0.3) is 10.0 Å². The summed E-state index contributed by atoms with van der Waals surface area (Å²) in [6, 6.07) is 8.79. The van der Waals surface area contributed by atoms with Crippen molar-refractivity contribution < 1.29 is 13.2 Å². The maximum absolute atomic E-state index is 12.5. The molecule has 0 amide bonds. The van der Waals surface area contributed by atoms with Crippen molar-refractivity contribution in [2.24, 2.45) is 0 Å². The fraction of sp³-hybridized carbons (Fsp3) is 0.308.